The van der Waals surface area contributed by atoms with Crippen LogP contribution in [0.1, 0.15) is 27.2 Å². The lowest BCUT2D eigenvalue weighted by molar-refractivity contribution is -0.181. The normalized spacial score (nSPS) is 13.3. The van der Waals surface area contributed by atoms with E-state index in [1.54, 1.807) is 12.1 Å². The zero-order valence-electron chi connectivity index (χ0n) is 11.8. The van der Waals surface area contributed by atoms with Gasteiger partial charge in [-0.1, -0.05) is 0 Å². The maximum atomic E-state index is 9.54. The fraction of sp³-hybridized carbons (Fsp3) is 0.571. The van der Waals surface area contributed by atoms with Crippen molar-refractivity contribution in [2.24, 2.45) is 0 Å². The molecule has 1 unspecified atom stereocenters. The standard InChI is InChI=1S/C14H24N2O3/c1-14(2,3)19-13(17)16-9-4-10-18-12-7-5-11(15)6-8-12/h5-8,13,16-17H,4,9-10,15H2,1-3H3. The van der Waals surface area contributed by atoms with Gasteiger partial charge in [0, 0.05) is 12.2 Å². The topological polar surface area (TPSA) is 76.7 Å². The van der Waals surface area contributed by atoms with Gasteiger partial charge in [-0.2, -0.15) is 0 Å². The average Bonchev–Trinajstić information content (AvgIpc) is 2.29. The van der Waals surface area contributed by atoms with Gasteiger partial charge in [0.2, 0.25) is 6.41 Å². The largest absolute Gasteiger partial charge is 0.494 e. The Morgan fingerprint density at radius 3 is 2.47 bits per heavy atom. The number of rotatable bonds is 7. The van der Waals surface area contributed by atoms with Crippen molar-refractivity contribution in [3.8, 4) is 5.75 Å². The van der Waals surface area contributed by atoms with Gasteiger partial charge in [-0.3, -0.25) is 5.32 Å². The van der Waals surface area contributed by atoms with Crippen molar-refractivity contribution in [1.82, 2.24) is 5.32 Å². The number of aliphatic hydroxyl groups is 1. The summed E-state index contributed by atoms with van der Waals surface area (Å²) in [5, 5.41) is 12.4. The monoisotopic (exact) mass is 268 g/mol. The summed E-state index contributed by atoms with van der Waals surface area (Å²) in [5.41, 5.74) is 5.93. The van der Waals surface area contributed by atoms with Gasteiger partial charge in [-0.15, -0.1) is 0 Å². The van der Waals surface area contributed by atoms with Gasteiger partial charge < -0.3 is 20.3 Å². The number of aliphatic hydroxyl groups excluding tert-OH is 1. The Kier molecular flexibility index (Phi) is 6.08. The molecule has 108 valence electrons. The van der Waals surface area contributed by atoms with Crippen LogP contribution in [0, 0.1) is 0 Å². The molecule has 0 saturated carbocycles. The van der Waals surface area contributed by atoms with Gasteiger partial charge in [0.05, 0.1) is 12.2 Å². The molecule has 4 N–H and O–H groups in total. The van der Waals surface area contributed by atoms with Crippen LogP contribution in [0.4, 0.5) is 5.69 Å². The smallest absolute Gasteiger partial charge is 0.214 e. The summed E-state index contributed by atoms with van der Waals surface area (Å²) < 4.78 is 10.8. The molecular weight excluding hydrogens is 244 g/mol. The molecule has 0 fully saturated rings. The fourth-order valence-corrected chi connectivity index (χ4v) is 1.43. The molecule has 0 aromatic heterocycles. The molecule has 0 bridgehead atoms. The van der Waals surface area contributed by atoms with E-state index in [9.17, 15) is 5.11 Å². The molecule has 1 atom stereocenters. The Labute approximate surface area is 114 Å². The molecule has 0 aliphatic rings. The number of hydrogen-bond donors (Lipinski definition) is 3. The first kappa shape index (κ1) is 15.8. The highest BCUT2D eigenvalue weighted by molar-refractivity contribution is 5.41. The van der Waals surface area contributed by atoms with E-state index in [2.05, 4.69) is 5.32 Å². The highest BCUT2D eigenvalue weighted by atomic mass is 16.6. The number of anilines is 1. The van der Waals surface area contributed by atoms with Crippen LogP contribution in [0.2, 0.25) is 0 Å². The molecule has 1 aromatic rings. The third kappa shape index (κ3) is 7.66. The van der Waals surface area contributed by atoms with Crippen LogP contribution in [-0.2, 0) is 4.74 Å². The van der Waals surface area contributed by atoms with Crippen LogP contribution < -0.4 is 15.8 Å². The quantitative estimate of drug-likeness (QED) is 0.399. The van der Waals surface area contributed by atoms with Crippen LogP contribution in [-0.4, -0.2) is 30.3 Å². The van der Waals surface area contributed by atoms with Crippen molar-refractivity contribution in [2.75, 3.05) is 18.9 Å². The molecule has 1 rings (SSSR count). The SMILES string of the molecule is CC(C)(C)OC(O)NCCCOc1ccc(N)cc1. The molecule has 19 heavy (non-hydrogen) atoms. The molecule has 0 amide bonds. The van der Waals surface area contributed by atoms with Crippen molar-refractivity contribution in [3.63, 3.8) is 0 Å². The Morgan fingerprint density at radius 1 is 1.26 bits per heavy atom. The number of nitrogen functional groups attached to an aromatic ring is 1. The summed E-state index contributed by atoms with van der Waals surface area (Å²) in [6.45, 7) is 6.86. The van der Waals surface area contributed by atoms with E-state index in [1.807, 2.05) is 32.9 Å². The minimum absolute atomic E-state index is 0.368. The molecule has 0 radical (unpaired) electrons. The summed E-state index contributed by atoms with van der Waals surface area (Å²) in [5.74, 6) is 0.792. The number of nitrogens with one attached hydrogen (secondary N) is 1. The first-order valence-corrected chi connectivity index (χ1v) is 6.44. The minimum atomic E-state index is -0.948. The second-order valence-corrected chi connectivity index (χ2v) is 5.31. The third-order valence-corrected chi connectivity index (χ3v) is 2.25. The number of hydrogen-bond acceptors (Lipinski definition) is 5. The fourth-order valence-electron chi connectivity index (χ4n) is 1.43. The minimum Gasteiger partial charge on any atom is -0.494 e. The zero-order chi connectivity index (χ0) is 14.3. The number of nitrogens with two attached hydrogens (primary N) is 1. The maximum absolute atomic E-state index is 9.54. The lowest BCUT2D eigenvalue weighted by atomic mass is 10.2. The van der Waals surface area contributed by atoms with Gasteiger partial charge in [-0.25, -0.2) is 0 Å². The van der Waals surface area contributed by atoms with Gasteiger partial charge in [0.25, 0.3) is 0 Å². The molecule has 5 heteroatoms. The Balaban J connectivity index is 2.09. The summed E-state index contributed by atoms with van der Waals surface area (Å²) in [7, 11) is 0. The summed E-state index contributed by atoms with van der Waals surface area (Å²) in [6.07, 6.45) is -0.175. The summed E-state index contributed by atoms with van der Waals surface area (Å²) in [6, 6.07) is 7.27. The number of ether oxygens (including phenoxy) is 2. The number of benzene rings is 1. The Hall–Kier alpha value is -1.30. The second-order valence-electron chi connectivity index (χ2n) is 5.31. The molecule has 1 aromatic carbocycles. The third-order valence-electron chi connectivity index (χ3n) is 2.25. The van der Waals surface area contributed by atoms with Crippen molar-refractivity contribution in [3.05, 3.63) is 24.3 Å². The first-order valence-electron chi connectivity index (χ1n) is 6.44. The first-order chi connectivity index (χ1) is 8.87. The van der Waals surface area contributed by atoms with Crippen LogP contribution in [0.15, 0.2) is 24.3 Å². The lowest BCUT2D eigenvalue weighted by Gasteiger charge is -2.24. The van der Waals surface area contributed by atoms with Gasteiger partial charge in [0.15, 0.2) is 0 Å². The molecule has 0 heterocycles. The van der Waals surface area contributed by atoms with E-state index in [4.69, 9.17) is 15.2 Å². The molecule has 5 nitrogen and oxygen atoms in total. The maximum Gasteiger partial charge on any atom is 0.214 e. The molecular formula is C14H24N2O3. The Morgan fingerprint density at radius 2 is 1.89 bits per heavy atom. The molecule has 0 saturated heterocycles. The average molecular weight is 268 g/mol. The van der Waals surface area contributed by atoms with E-state index in [0.29, 0.717) is 13.2 Å². The predicted octanol–water partition coefficient (Wildman–Crippen LogP) is 1.72. The van der Waals surface area contributed by atoms with Gasteiger partial charge in [-0.05, 0) is 51.5 Å². The molecule has 0 aliphatic heterocycles. The summed E-state index contributed by atoms with van der Waals surface area (Å²) >= 11 is 0. The van der Waals surface area contributed by atoms with Crippen LogP contribution in [0.3, 0.4) is 0 Å². The van der Waals surface area contributed by atoms with E-state index < -0.39 is 6.41 Å². The van der Waals surface area contributed by atoms with Crippen LogP contribution >= 0.6 is 0 Å². The zero-order valence-corrected chi connectivity index (χ0v) is 11.8. The molecule has 0 aliphatic carbocycles. The van der Waals surface area contributed by atoms with Crippen molar-refractivity contribution < 1.29 is 14.6 Å². The van der Waals surface area contributed by atoms with E-state index in [-0.39, 0.29) is 5.60 Å². The van der Waals surface area contributed by atoms with Crippen molar-refractivity contribution >= 4 is 5.69 Å². The second kappa shape index (κ2) is 7.33. The van der Waals surface area contributed by atoms with Gasteiger partial charge in [0.1, 0.15) is 5.75 Å². The van der Waals surface area contributed by atoms with E-state index in [0.717, 1.165) is 17.9 Å². The lowest BCUT2D eigenvalue weighted by Crippen LogP contribution is -2.38. The van der Waals surface area contributed by atoms with Crippen LogP contribution in [0.25, 0.3) is 0 Å². The van der Waals surface area contributed by atoms with Crippen LogP contribution in [0.5, 0.6) is 5.75 Å². The van der Waals surface area contributed by atoms with E-state index >= 15 is 0 Å². The summed E-state index contributed by atoms with van der Waals surface area (Å²) in [4.78, 5) is 0. The highest BCUT2D eigenvalue weighted by Crippen LogP contribution is 2.13. The van der Waals surface area contributed by atoms with Crippen molar-refractivity contribution in [2.45, 2.75) is 39.2 Å². The molecule has 0 spiro atoms. The highest BCUT2D eigenvalue weighted by Gasteiger charge is 2.15. The van der Waals surface area contributed by atoms with Crippen molar-refractivity contribution in [1.29, 1.82) is 0 Å². The van der Waals surface area contributed by atoms with Gasteiger partial charge >= 0.3 is 0 Å². The van der Waals surface area contributed by atoms with E-state index in [1.165, 1.54) is 0 Å². The predicted molar refractivity (Wildman–Crippen MR) is 75.8 cm³/mol. The Bertz CT molecular complexity index is 360.